The Hall–Kier alpha value is -2.21. The van der Waals surface area contributed by atoms with Gasteiger partial charge in [0.1, 0.15) is 5.52 Å². The summed E-state index contributed by atoms with van der Waals surface area (Å²) in [5.74, 6) is 0.457. The fourth-order valence-electron chi connectivity index (χ4n) is 2.99. The highest BCUT2D eigenvalue weighted by Gasteiger charge is 2.27. The number of aromatic nitrogens is 1. The van der Waals surface area contributed by atoms with Crippen LogP contribution >= 0.6 is 0 Å². The fourth-order valence-corrected chi connectivity index (χ4v) is 2.99. The highest BCUT2D eigenvalue weighted by atomic mass is 16.6. The van der Waals surface area contributed by atoms with E-state index in [0.29, 0.717) is 16.8 Å². The van der Waals surface area contributed by atoms with Crippen LogP contribution in [0.25, 0.3) is 10.9 Å². The first-order valence-corrected chi connectivity index (χ1v) is 7.10. The largest absolute Gasteiger partial charge is 0.369 e. The second-order valence-electron chi connectivity index (χ2n) is 5.61. The highest BCUT2D eigenvalue weighted by Crippen LogP contribution is 2.34. The van der Waals surface area contributed by atoms with Gasteiger partial charge in [0.2, 0.25) is 0 Å². The number of nitro groups is 1. The number of hydrogen-bond donors (Lipinski definition) is 1. The number of anilines is 1. The van der Waals surface area contributed by atoms with Crippen LogP contribution in [0.2, 0.25) is 0 Å². The minimum Gasteiger partial charge on any atom is -0.369 e. The number of benzene rings is 1. The molecule has 1 fully saturated rings. The monoisotopic (exact) mass is 286 g/mol. The summed E-state index contributed by atoms with van der Waals surface area (Å²) in [6.45, 7) is 3.82. The Balaban J connectivity index is 2.05. The molecule has 1 aromatic carbocycles. The van der Waals surface area contributed by atoms with Gasteiger partial charge in [0.05, 0.1) is 16.0 Å². The number of nitrogens with two attached hydrogens (primary N) is 1. The van der Waals surface area contributed by atoms with Gasteiger partial charge in [-0.1, -0.05) is 0 Å². The van der Waals surface area contributed by atoms with E-state index >= 15 is 0 Å². The quantitative estimate of drug-likeness (QED) is 0.691. The smallest absolute Gasteiger partial charge is 0.278 e. The fraction of sp³-hybridized carbons (Fsp3) is 0.400. The SMILES string of the molecule is CC(N)C1CCN(c2ccc([N+](=O)[O-])c3cccnc23)C1. The molecule has 2 unspecified atom stereocenters. The molecule has 1 aliphatic rings. The average molecular weight is 286 g/mol. The number of non-ortho nitro benzene ring substituents is 1. The second-order valence-corrected chi connectivity index (χ2v) is 5.61. The molecule has 110 valence electrons. The summed E-state index contributed by atoms with van der Waals surface area (Å²) in [6.07, 6.45) is 2.72. The third kappa shape index (κ3) is 2.42. The maximum absolute atomic E-state index is 11.1. The van der Waals surface area contributed by atoms with Crippen molar-refractivity contribution in [3.8, 4) is 0 Å². The van der Waals surface area contributed by atoms with Crippen LogP contribution in [0, 0.1) is 16.0 Å². The molecule has 0 amide bonds. The molecule has 2 aromatic rings. The van der Waals surface area contributed by atoms with Crippen LogP contribution in [0.3, 0.4) is 0 Å². The van der Waals surface area contributed by atoms with Crippen molar-refractivity contribution in [2.24, 2.45) is 11.7 Å². The third-order valence-electron chi connectivity index (χ3n) is 4.23. The first kappa shape index (κ1) is 13.8. The van der Waals surface area contributed by atoms with Gasteiger partial charge in [-0.3, -0.25) is 15.1 Å². The van der Waals surface area contributed by atoms with Crippen molar-refractivity contribution >= 4 is 22.3 Å². The van der Waals surface area contributed by atoms with Gasteiger partial charge in [0.15, 0.2) is 0 Å². The highest BCUT2D eigenvalue weighted by molar-refractivity contribution is 5.97. The maximum Gasteiger partial charge on any atom is 0.278 e. The van der Waals surface area contributed by atoms with Crippen molar-refractivity contribution in [3.63, 3.8) is 0 Å². The predicted molar refractivity (Wildman–Crippen MR) is 82.4 cm³/mol. The summed E-state index contributed by atoms with van der Waals surface area (Å²) in [7, 11) is 0. The number of hydrogen-bond acceptors (Lipinski definition) is 5. The lowest BCUT2D eigenvalue weighted by molar-refractivity contribution is -0.383. The molecule has 21 heavy (non-hydrogen) atoms. The predicted octanol–water partition coefficient (Wildman–Crippen LogP) is 2.32. The lowest BCUT2D eigenvalue weighted by atomic mass is 10.0. The molecule has 1 aliphatic heterocycles. The normalized spacial score (nSPS) is 19.9. The molecule has 6 heteroatoms. The van der Waals surface area contributed by atoms with E-state index in [-0.39, 0.29) is 16.7 Å². The Labute approximate surface area is 122 Å². The van der Waals surface area contributed by atoms with Crippen LogP contribution in [0.1, 0.15) is 13.3 Å². The summed E-state index contributed by atoms with van der Waals surface area (Å²) < 4.78 is 0. The van der Waals surface area contributed by atoms with Gasteiger partial charge in [-0.2, -0.15) is 0 Å². The van der Waals surface area contributed by atoms with Crippen molar-refractivity contribution in [2.75, 3.05) is 18.0 Å². The Morgan fingerprint density at radius 3 is 2.95 bits per heavy atom. The molecular formula is C15H18N4O2. The van der Waals surface area contributed by atoms with Crippen molar-refractivity contribution in [3.05, 3.63) is 40.6 Å². The van der Waals surface area contributed by atoms with E-state index in [0.717, 1.165) is 25.2 Å². The molecule has 2 N–H and O–H groups in total. The Bertz CT molecular complexity index is 686. The van der Waals surface area contributed by atoms with E-state index in [1.54, 1.807) is 30.5 Å². The molecule has 0 saturated carbocycles. The molecule has 0 aliphatic carbocycles. The molecule has 2 heterocycles. The van der Waals surface area contributed by atoms with Crippen LogP contribution < -0.4 is 10.6 Å². The minimum absolute atomic E-state index is 0.102. The molecule has 1 saturated heterocycles. The molecule has 0 bridgehead atoms. The summed E-state index contributed by atoms with van der Waals surface area (Å²) in [5, 5.41) is 11.7. The molecule has 1 aromatic heterocycles. The van der Waals surface area contributed by atoms with E-state index in [9.17, 15) is 10.1 Å². The van der Waals surface area contributed by atoms with Gasteiger partial charge in [-0.25, -0.2) is 0 Å². The van der Waals surface area contributed by atoms with Gasteiger partial charge in [-0.05, 0) is 37.5 Å². The summed E-state index contributed by atoms with van der Waals surface area (Å²) in [5.41, 5.74) is 7.73. The van der Waals surface area contributed by atoms with Crippen molar-refractivity contribution in [1.82, 2.24) is 4.98 Å². The van der Waals surface area contributed by atoms with Crippen LogP contribution in [0.15, 0.2) is 30.5 Å². The van der Waals surface area contributed by atoms with Gasteiger partial charge in [0.25, 0.3) is 5.69 Å². The number of nitrogens with zero attached hydrogens (tertiary/aromatic N) is 3. The van der Waals surface area contributed by atoms with Crippen LogP contribution in [0.4, 0.5) is 11.4 Å². The van der Waals surface area contributed by atoms with Crippen molar-refractivity contribution in [2.45, 2.75) is 19.4 Å². The van der Waals surface area contributed by atoms with Crippen LogP contribution in [0.5, 0.6) is 0 Å². The molecule has 0 spiro atoms. The van der Waals surface area contributed by atoms with Gasteiger partial charge >= 0.3 is 0 Å². The van der Waals surface area contributed by atoms with E-state index in [1.165, 1.54) is 0 Å². The minimum atomic E-state index is -0.359. The molecule has 6 nitrogen and oxygen atoms in total. The molecule has 0 radical (unpaired) electrons. The first-order valence-electron chi connectivity index (χ1n) is 7.10. The van der Waals surface area contributed by atoms with Crippen LogP contribution in [-0.2, 0) is 0 Å². The lowest BCUT2D eigenvalue weighted by Crippen LogP contribution is -2.29. The van der Waals surface area contributed by atoms with Crippen molar-refractivity contribution < 1.29 is 4.92 Å². The molecule has 3 rings (SSSR count). The molecular weight excluding hydrogens is 268 g/mol. The Morgan fingerprint density at radius 2 is 2.29 bits per heavy atom. The Morgan fingerprint density at radius 1 is 1.48 bits per heavy atom. The third-order valence-corrected chi connectivity index (χ3v) is 4.23. The Kier molecular flexibility index (Phi) is 3.47. The average Bonchev–Trinajstić information content (AvgIpc) is 2.95. The first-order chi connectivity index (χ1) is 10.1. The zero-order valence-electron chi connectivity index (χ0n) is 11.9. The second kappa shape index (κ2) is 5.29. The van der Waals surface area contributed by atoms with Crippen molar-refractivity contribution in [1.29, 1.82) is 0 Å². The van der Waals surface area contributed by atoms with Gasteiger partial charge < -0.3 is 10.6 Å². The van der Waals surface area contributed by atoms with E-state index < -0.39 is 0 Å². The molecule has 2 atom stereocenters. The van der Waals surface area contributed by atoms with Gasteiger partial charge in [0, 0.05) is 31.4 Å². The van der Waals surface area contributed by atoms with E-state index in [1.807, 2.05) is 6.92 Å². The number of pyridine rings is 1. The maximum atomic E-state index is 11.1. The zero-order valence-corrected chi connectivity index (χ0v) is 11.9. The number of nitro benzene ring substituents is 1. The topological polar surface area (TPSA) is 85.3 Å². The van der Waals surface area contributed by atoms with E-state index in [2.05, 4.69) is 9.88 Å². The number of fused-ring (bicyclic) bond motifs is 1. The summed E-state index contributed by atoms with van der Waals surface area (Å²) >= 11 is 0. The van der Waals surface area contributed by atoms with Gasteiger partial charge in [-0.15, -0.1) is 0 Å². The summed E-state index contributed by atoms with van der Waals surface area (Å²) in [6, 6.07) is 7.01. The van der Waals surface area contributed by atoms with Crippen LogP contribution in [-0.4, -0.2) is 29.0 Å². The summed E-state index contributed by atoms with van der Waals surface area (Å²) in [4.78, 5) is 17.4. The number of rotatable bonds is 3. The van der Waals surface area contributed by atoms with E-state index in [4.69, 9.17) is 5.73 Å². The zero-order chi connectivity index (χ0) is 15.0. The lowest BCUT2D eigenvalue weighted by Gasteiger charge is -2.21. The standard InChI is InChI=1S/C15H18N4O2/c1-10(16)11-6-8-18(9-11)14-5-4-13(19(20)21)12-3-2-7-17-15(12)14/h2-5,7,10-11H,6,8-9,16H2,1H3.